The van der Waals surface area contributed by atoms with E-state index in [1.54, 1.807) is 0 Å². The molecule has 0 N–H and O–H groups in total. The van der Waals surface area contributed by atoms with Gasteiger partial charge in [0.05, 0.1) is 0 Å². The zero-order valence-corrected chi connectivity index (χ0v) is 6.66. The average molecular weight is 149 g/mol. The molecule has 1 saturated carbocycles. The zero-order chi connectivity index (χ0) is 7.52. The lowest BCUT2D eigenvalue weighted by Crippen LogP contribution is -2.10. The van der Waals surface area contributed by atoms with E-state index in [4.69, 9.17) is 0 Å². The first-order valence-corrected chi connectivity index (χ1v) is 4.37. The summed E-state index contributed by atoms with van der Waals surface area (Å²) in [6.45, 7) is 0. The van der Waals surface area contributed by atoms with Crippen LogP contribution in [0, 0.1) is 6.33 Å². The molecule has 2 nitrogen and oxygen atoms in total. The highest BCUT2D eigenvalue weighted by Crippen LogP contribution is 2.27. The highest BCUT2D eigenvalue weighted by Gasteiger charge is 2.13. The molecule has 1 radical (unpaired) electrons. The number of hydrogen-bond donors (Lipinski definition) is 0. The molecule has 0 atom stereocenters. The van der Waals surface area contributed by atoms with Crippen LogP contribution in [0.3, 0.4) is 0 Å². The summed E-state index contributed by atoms with van der Waals surface area (Å²) < 4.78 is 2.12. The van der Waals surface area contributed by atoms with Gasteiger partial charge in [0.15, 0.2) is 6.33 Å². The van der Waals surface area contributed by atoms with Crippen LogP contribution in [-0.2, 0) is 0 Å². The Bertz CT molecular complexity index is 197. The van der Waals surface area contributed by atoms with E-state index in [0.29, 0.717) is 6.04 Å². The summed E-state index contributed by atoms with van der Waals surface area (Å²) in [7, 11) is 0. The molecule has 1 aliphatic rings. The van der Waals surface area contributed by atoms with Gasteiger partial charge in [0, 0.05) is 18.4 Å². The molecular formula is C9H13N2. The fourth-order valence-electron chi connectivity index (χ4n) is 1.80. The summed E-state index contributed by atoms with van der Waals surface area (Å²) in [5, 5.41) is 0. The van der Waals surface area contributed by atoms with Crippen LogP contribution >= 0.6 is 0 Å². The zero-order valence-electron chi connectivity index (χ0n) is 6.66. The second kappa shape index (κ2) is 3.07. The molecule has 0 bridgehead atoms. The minimum absolute atomic E-state index is 0.686. The van der Waals surface area contributed by atoms with Crippen LogP contribution in [0.25, 0.3) is 0 Å². The van der Waals surface area contributed by atoms with E-state index in [1.165, 1.54) is 32.1 Å². The van der Waals surface area contributed by atoms with Crippen molar-refractivity contribution in [2.45, 2.75) is 38.1 Å². The maximum atomic E-state index is 3.94. The Morgan fingerprint density at radius 1 is 1.27 bits per heavy atom. The molecule has 1 fully saturated rings. The second-order valence-corrected chi connectivity index (χ2v) is 3.23. The van der Waals surface area contributed by atoms with Crippen LogP contribution in [-0.4, -0.2) is 9.55 Å². The normalized spacial score (nSPS) is 20.4. The molecule has 1 heterocycles. The molecule has 2 heteroatoms. The molecule has 1 aromatic heterocycles. The van der Waals surface area contributed by atoms with Crippen LogP contribution in [0.1, 0.15) is 38.1 Å². The van der Waals surface area contributed by atoms with Crippen molar-refractivity contribution in [1.82, 2.24) is 9.55 Å². The van der Waals surface area contributed by atoms with E-state index in [2.05, 4.69) is 15.9 Å². The van der Waals surface area contributed by atoms with E-state index in [1.807, 2.05) is 12.4 Å². The number of imidazole rings is 1. The number of aromatic nitrogens is 2. The molecule has 0 unspecified atom stereocenters. The monoisotopic (exact) mass is 149 g/mol. The van der Waals surface area contributed by atoms with Gasteiger partial charge >= 0.3 is 0 Å². The van der Waals surface area contributed by atoms with Crippen LogP contribution in [0.5, 0.6) is 0 Å². The van der Waals surface area contributed by atoms with Gasteiger partial charge in [-0.2, -0.15) is 0 Å². The molecule has 11 heavy (non-hydrogen) atoms. The highest BCUT2D eigenvalue weighted by atomic mass is 15.0. The number of rotatable bonds is 1. The fraction of sp³-hybridized carbons (Fsp3) is 0.667. The van der Waals surface area contributed by atoms with Crippen molar-refractivity contribution in [3.63, 3.8) is 0 Å². The minimum atomic E-state index is 0.686. The fourth-order valence-corrected chi connectivity index (χ4v) is 1.80. The van der Waals surface area contributed by atoms with Crippen LogP contribution in [0.15, 0.2) is 12.4 Å². The summed E-state index contributed by atoms with van der Waals surface area (Å²) in [6.07, 6.45) is 13.6. The molecular weight excluding hydrogens is 136 g/mol. The topological polar surface area (TPSA) is 17.8 Å². The van der Waals surface area contributed by atoms with Gasteiger partial charge in [0.25, 0.3) is 0 Å². The van der Waals surface area contributed by atoms with Gasteiger partial charge in [0.1, 0.15) is 0 Å². The molecule has 2 rings (SSSR count). The molecule has 0 aromatic carbocycles. The lowest BCUT2D eigenvalue weighted by atomic mass is 9.95. The van der Waals surface area contributed by atoms with Gasteiger partial charge in [-0.15, -0.1) is 0 Å². The minimum Gasteiger partial charge on any atom is -0.325 e. The van der Waals surface area contributed by atoms with Crippen molar-refractivity contribution in [1.29, 1.82) is 0 Å². The molecule has 0 aliphatic heterocycles. The third kappa shape index (κ3) is 1.44. The van der Waals surface area contributed by atoms with Gasteiger partial charge in [-0.05, 0) is 12.8 Å². The van der Waals surface area contributed by atoms with Gasteiger partial charge < -0.3 is 4.57 Å². The van der Waals surface area contributed by atoms with Crippen molar-refractivity contribution in [2.75, 3.05) is 0 Å². The van der Waals surface area contributed by atoms with Crippen LogP contribution < -0.4 is 0 Å². The first-order valence-electron chi connectivity index (χ1n) is 4.37. The van der Waals surface area contributed by atoms with Crippen molar-refractivity contribution in [3.05, 3.63) is 18.7 Å². The van der Waals surface area contributed by atoms with E-state index in [9.17, 15) is 0 Å². The van der Waals surface area contributed by atoms with Gasteiger partial charge in [-0.1, -0.05) is 19.3 Å². The van der Waals surface area contributed by atoms with Crippen molar-refractivity contribution in [3.8, 4) is 0 Å². The second-order valence-electron chi connectivity index (χ2n) is 3.23. The van der Waals surface area contributed by atoms with Crippen LogP contribution in [0.4, 0.5) is 0 Å². The van der Waals surface area contributed by atoms with Crippen molar-refractivity contribution >= 4 is 0 Å². The molecule has 0 amide bonds. The lowest BCUT2D eigenvalue weighted by molar-refractivity contribution is 0.351. The van der Waals surface area contributed by atoms with E-state index < -0.39 is 0 Å². The van der Waals surface area contributed by atoms with Crippen molar-refractivity contribution < 1.29 is 0 Å². The Hall–Kier alpha value is -0.790. The van der Waals surface area contributed by atoms with E-state index in [0.717, 1.165) is 0 Å². The Kier molecular flexibility index (Phi) is 1.93. The first kappa shape index (κ1) is 6.89. The SMILES string of the molecule is [c]1nccn1C1CCCCC1. The predicted molar refractivity (Wildman–Crippen MR) is 43.2 cm³/mol. The van der Waals surface area contributed by atoms with Gasteiger partial charge in [-0.3, -0.25) is 0 Å². The summed E-state index contributed by atoms with van der Waals surface area (Å²) >= 11 is 0. The molecule has 1 aliphatic carbocycles. The Morgan fingerprint density at radius 2 is 2.09 bits per heavy atom. The number of hydrogen-bond acceptors (Lipinski definition) is 1. The third-order valence-electron chi connectivity index (χ3n) is 2.44. The average Bonchev–Trinajstić information content (AvgIpc) is 2.58. The Balaban J connectivity index is 2.04. The molecule has 0 spiro atoms. The summed E-state index contributed by atoms with van der Waals surface area (Å²) in [5.74, 6) is 0. The third-order valence-corrected chi connectivity index (χ3v) is 2.44. The largest absolute Gasteiger partial charge is 0.325 e. The summed E-state index contributed by atoms with van der Waals surface area (Å²) in [6, 6.07) is 0.686. The smallest absolute Gasteiger partial charge is 0.176 e. The Morgan fingerprint density at radius 3 is 2.73 bits per heavy atom. The number of nitrogens with zero attached hydrogens (tertiary/aromatic N) is 2. The lowest BCUT2D eigenvalue weighted by Gasteiger charge is -2.21. The van der Waals surface area contributed by atoms with Crippen LogP contribution in [0.2, 0.25) is 0 Å². The van der Waals surface area contributed by atoms with Gasteiger partial charge in [0.2, 0.25) is 0 Å². The van der Waals surface area contributed by atoms with E-state index in [-0.39, 0.29) is 0 Å². The van der Waals surface area contributed by atoms with Gasteiger partial charge in [-0.25, -0.2) is 4.98 Å². The first-order chi connectivity index (χ1) is 5.47. The highest BCUT2D eigenvalue weighted by molar-refractivity contribution is 4.80. The van der Waals surface area contributed by atoms with E-state index >= 15 is 0 Å². The maximum Gasteiger partial charge on any atom is 0.176 e. The molecule has 0 saturated heterocycles. The molecule has 59 valence electrons. The Labute approximate surface area is 67.3 Å². The predicted octanol–water partition coefficient (Wildman–Crippen LogP) is 2.19. The maximum absolute atomic E-state index is 3.94. The summed E-state index contributed by atoms with van der Waals surface area (Å²) in [4.78, 5) is 3.94. The van der Waals surface area contributed by atoms with Crippen molar-refractivity contribution in [2.24, 2.45) is 0 Å². The standard InChI is InChI=1S/C9H13N2/c1-2-4-9(5-3-1)11-7-6-10-8-11/h6-7,9H,1-5H2. The summed E-state index contributed by atoms with van der Waals surface area (Å²) in [5.41, 5.74) is 0. The quantitative estimate of drug-likeness (QED) is 0.598. The molecule has 1 aromatic rings.